The van der Waals surface area contributed by atoms with E-state index in [1.165, 1.54) is 11.9 Å². The highest BCUT2D eigenvalue weighted by Crippen LogP contribution is 2.61. The van der Waals surface area contributed by atoms with Crippen LogP contribution >= 0.6 is 11.6 Å². The van der Waals surface area contributed by atoms with Gasteiger partial charge in [0.2, 0.25) is 29.5 Å². The van der Waals surface area contributed by atoms with Crippen LogP contribution in [0, 0.1) is 23.2 Å². The third-order valence-electron chi connectivity index (χ3n) is 16.6. The van der Waals surface area contributed by atoms with Crippen LogP contribution in [-0.2, 0) is 40.0 Å². The molecule has 0 radical (unpaired) electrons. The van der Waals surface area contributed by atoms with Crippen LogP contribution in [0.5, 0.6) is 0 Å². The molecule has 5 fully saturated rings. The number of hydrogen-bond donors (Lipinski definition) is 3. The minimum absolute atomic E-state index is 0.0204. The number of likely N-dealkylation sites (N-methyl/N-ethyl adjacent to an activating group) is 2. The summed E-state index contributed by atoms with van der Waals surface area (Å²) in [5, 5.41) is 9.04. The van der Waals surface area contributed by atoms with Crippen LogP contribution < -0.4 is 16.0 Å². The zero-order valence-corrected chi connectivity index (χ0v) is 44.9. The standard InChI is InChI=1S/C54H74ClF6N7O7/c1-30(2)21-40-50(74)68(6,7)43(25-33-22-35(55)16-19-39(33)34-23-37-17-18-38(24-34)67(37)48(72)31(3)4)47(71)62-20-12-10-8-9-11-13-41(45(69)63-40)65(5)49(73)44(32-14-15-32)64-46(70)42-26-36(56)27-66(42)51(75)52(54(59,60)61)28-53(57,58)29-52/h16,19,22-23,30-32,36-38,40-44H,8-15,17-18,20-21,24-29H2,1-7H3,(H2-,62,63,64,69,70,71)/p+1/t36-,37-,38+,40+,41+,42+,43+,44+/m1/s1. The number of benzene rings is 1. The number of amides is 7. The second-order valence-corrected chi connectivity index (χ2v) is 23.9. The molecule has 0 spiro atoms. The summed E-state index contributed by atoms with van der Waals surface area (Å²) in [4.78, 5) is 103. The smallest absolute Gasteiger partial charge is 0.351 e. The molecular formula is C54H75ClF6N7O7+. The molecule has 416 valence electrons. The van der Waals surface area contributed by atoms with Gasteiger partial charge < -0.3 is 30.7 Å². The predicted molar refractivity (Wildman–Crippen MR) is 268 cm³/mol. The molecule has 3 saturated heterocycles. The Balaban J connectivity index is 1.13. The fourth-order valence-electron chi connectivity index (χ4n) is 12.1. The number of halogens is 7. The summed E-state index contributed by atoms with van der Waals surface area (Å²) in [6.45, 7) is 6.97. The van der Waals surface area contributed by atoms with Crippen molar-refractivity contribution in [1.29, 1.82) is 0 Å². The highest BCUT2D eigenvalue weighted by atomic mass is 35.5. The van der Waals surface area contributed by atoms with Crippen LogP contribution in [0.25, 0.3) is 5.57 Å². The number of alkyl halides is 6. The van der Waals surface area contributed by atoms with Crippen molar-refractivity contribution in [3.8, 4) is 0 Å². The SMILES string of the molecule is CC(C)C[C@@H]1NC(=O)[C@@H](N(C)C(=O)[C@@H](NC(=O)[C@@H]2C[C@@H](F)CN2C(=O)C2(C(F)(F)F)CC(F)(F)C2)C2CC2)CCCCCCCNC(=O)[C@H](Cc2cc(Cl)ccc2C2=C[C@H]3CC[C@@H](C2)N3C(=O)C(C)C)[N+](C)(C)C1=O. The number of likely N-dealkylation sites (tertiary alicyclic amines) is 1. The van der Waals surface area contributed by atoms with E-state index in [1.54, 1.807) is 20.2 Å². The number of rotatable bonds is 12. The summed E-state index contributed by atoms with van der Waals surface area (Å²) in [6, 6.07) is -1.04. The van der Waals surface area contributed by atoms with Gasteiger partial charge in [0, 0.05) is 56.3 Å². The first-order valence-electron chi connectivity index (χ1n) is 26.8. The van der Waals surface area contributed by atoms with E-state index in [0.717, 1.165) is 42.4 Å². The Morgan fingerprint density at radius 3 is 2.21 bits per heavy atom. The van der Waals surface area contributed by atoms with Crippen molar-refractivity contribution in [2.45, 2.75) is 191 Å². The average Bonchev–Trinajstić information content (AvgIpc) is 4.03. The minimum atomic E-state index is -5.40. The van der Waals surface area contributed by atoms with E-state index in [1.807, 2.05) is 44.7 Å². The van der Waals surface area contributed by atoms with Gasteiger partial charge in [0.15, 0.2) is 11.5 Å². The van der Waals surface area contributed by atoms with Crippen molar-refractivity contribution < 1.29 is 64.4 Å². The first-order chi connectivity index (χ1) is 35.1. The third kappa shape index (κ3) is 12.5. The molecule has 2 saturated carbocycles. The van der Waals surface area contributed by atoms with Crippen LogP contribution in [0.3, 0.4) is 0 Å². The lowest BCUT2D eigenvalue weighted by atomic mass is 9.64. The lowest BCUT2D eigenvalue weighted by molar-refractivity contribution is -0.831. The molecule has 21 heteroatoms. The fourth-order valence-corrected chi connectivity index (χ4v) is 12.3. The summed E-state index contributed by atoms with van der Waals surface area (Å²) >= 11 is 6.68. The second kappa shape index (κ2) is 22.7. The van der Waals surface area contributed by atoms with E-state index in [2.05, 4.69) is 22.0 Å². The molecule has 1 aromatic carbocycles. The van der Waals surface area contributed by atoms with E-state index < -0.39 is 120 Å². The maximum atomic E-state index is 15.2. The number of nitrogens with zero attached hydrogens (tertiary/aromatic N) is 4. The van der Waals surface area contributed by atoms with Crippen molar-refractivity contribution in [3.05, 3.63) is 40.4 Å². The molecule has 1 aromatic rings. The zero-order valence-electron chi connectivity index (χ0n) is 44.2. The fraction of sp³-hybridized carbons (Fsp3) is 0.722. The van der Waals surface area contributed by atoms with Gasteiger partial charge in [-0.2, -0.15) is 13.2 Å². The van der Waals surface area contributed by atoms with Crippen molar-refractivity contribution in [2.75, 3.05) is 34.2 Å². The van der Waals surface area contributed by atoms with Gasteiger partial charge in [-0.05, 0) is 92.0 Å². The summed E-state index contributed by atoms with van der Waals surface area (Å²) < 4.78 is 85.3. The Labute approximate surface area is 441 Å². The number of hydrogen-bond acceptors (Lipinski definition) is 7. The summed E-state index contributed by atoms with van der Waals surface area (Å²) in [5.74, 6) is -9.60. The predicted octanol–water partition coefficient (Wildman–Crippen LogP) is 7.30. The number of carbonyl (C=O) groups is 7. The molecule has 4 heterocycles. The molecule has 2 bridgehead atoms. The highest BCUT2D eigenvalue weighted by molar-refractivity contribution is 6.30. The van der Waals surface area contributed by atoms with Gasteiger partial charge in [-0.25, -0.2) is 18.0 Å². The average molecular weight is 1080 g/mol. The maximum absolute atomic E-state index is 15.2. The van der Waals surface area contributed by atoms with Gasteiger partial charge in [-0.3, -0.25) is 33.3 Å². The van der Waals surface area contributed by atoms with Gasteiger partial charge >= 0.3 is 12.1 Å². The molecular weight excluding hydrogens is 1010 g/mol. The lowest BCUT2D eigenvalue weighted by Crippen LogP contribution is -2.66. The summed E-state index contributed by atoms with van der Waals surface area (Å²) in [6.07, 6.45) is -2.77. The van der Waals surface area contributed by atoms with Crippen molar-refractivity contribution in [2.24, 2.45) is 23.2 Å². The van der Waals surface area contributed by atoms with E-state index >= 15 is 4.79 Å². The number of quaternary nitrogens is 1. The maximum Gasteiger partial charge on any atom is 0.403 e. The van der Waals surface area contributed by atoms with Gasteiger partial charge in [0.25, 0.3) is 11.8 Å². The molecule has 7 rings (SSSR count). The van der Waals surface area contributed by atoms with E-state index in [4.69, 9.17) is 11.6 Å². The quantitative estimate of drug-likeness (QED) is 0.146. The van der Waals surface area contributed by atoms with E-state index in [0.29, 0.717) is 55.0 Å². The Morgan fingerprint density at radius 1 is 0.933 bits per heavy atom. The Morgan fingerprint density at radius 2 is 1.60 bits per heavy atom. The molecule has 2 aliphatic carbocycles. The first-order valence-corrected chi connectivity index (χ1v) is 27.2. The van der Waals surface area contributed by atoms with Crippen molar-refractivity contribution in [3.63, 3.8) is 0 Å². The second-order valence-electron chi connectivity index (χ2n) is 23.4. The van der Waals surface area contributed by atoms with Crippen LogP contribution in [0.1, 0.15) is 135 Å². The van der Waals surface area contributed by atoms with Gasteiger partial charge in [-0.1, -0.05) is 77.1 Å². The van der Waals surface area contributed by atoms with Crippen LogP contribution in [0.4, 0.5) is 26.3 Å². The normalized spacial score (nSPS) is 28.8. The Hall–Kier alpha value is -4.72. The van der Waals surface area contributed by atoms with Gasteiger partial charge in [-0.15, -0.1) is 0 Å². The molecule has 6 aliphatic rings. The third-order valence-corrected chi connectivity index (χ3v) is 16.8. The molecule has 7 amide bonds. The molecule has 75 heavy (non-hydrogen) atoms. The van der Waals surface area contributed by atoms with Crippen molar-refractivity contribution >= 4 is 58.5 Å². The highest BCUT2D eigenvalue weighted by Gasteiger charge is 2.75. The largest absolute Gasteiger partial charge is 0.403 e. The molecule has 8 atom stereocenters. The van der Waals surface area contributed by atoms with Gasteiger partial charge in [0.05, 0.1) is 26.7 Å². The van der Waals surface area contributed by atoms with Crippen LogP contribution in [-0.4, -0.2) is 155 Å². The first kappa shape index (κ1) is 58.0. The molecule has 0 unspecified atom stereocenters. The number of nitrogens with one attached hydrogen (secondary N) is 3. The molecule has 3 N–H and O–H groups in total. The lowest BCUT2D eigenvalue weighted by Gasteiger charge is -2.48. The van der Waals surface area contributed by atoms with E-state index in [9.17, 15) is 55.1 Å². The molecule has 0 aromatic heterocycles. The van der Waals surface area contributed by atoms with Crippen LogP contribution in [0.15, 0.2) is 24.3 Å². The number of carbonyl (C=O) groups excluding carboxylic acids is 7. The van der Waals surface area contributed by atoms with Gasteiger partial charge in [0.1, 0.15) is 30.3 Å². The topological polar surface area (TPSA) is 165 Å². The zero-order chi connectivity index (χ0) is 55.1. The summed E-state index contributed by atoms with van der Waals surface area (Å²) in [7, 11) is 4.66. The Bertz CT molecular complexity index is 2390. The molecule has 4 aliphatic heterocycles. The number of fused-ring (bicyclic) bond motifs is 2. The van der Waals surface area contributed by atoms with Crippen LogP contribution in [0.2, 0.25) is 5.02 Å². The summed E-state index contributed by atoms with van der Waals surface area (Å²) in [5.41, 5.74) is -0.838. The van der Waals surface area contributed by atoms with Crippen molar-refractivity contribution in [1.82, 2.24) is 30.7 Å². The monoisotopic (exact) mass is 1080 g/mol. The molecule has 14 nitrogen and oxygen atoms in total. The Kier molecular flexibility index (Phi) is 17.5. The van der Waals surface area contributed by atoms with E-state index in [-0.39, 0.29) is 55.0 Å². The minimum Gasteiger partial charge on any atom is -0.351 e.